The Bertz CT molecular complexity index is 574. The highest BCUT2D eigenvalue weighted by atomic mass is 15.3. The van der Waals surface area contributed by atoms with Gasteiger partial charge in [0, 0.05) is 31.3 Å². The van der Waals surface area contributed by atoms with Crippen molar-refractivity contribution in [2.45, 2.75) is 47.1 Å². The zero-order valence-electron chi connectivity index (χ0n) is 12.8. The number of hydrogen-bond donors (Lipinski definition) is 1. The van der Waals surface area contributed by atoms with Crippen molar-refractivity contribution < 1.29 is 0 Å². The minimum Gasteiger partial charge on any atom is -0.370 e. The Labute approximate surface area is 120 Å². The monoisotopic (exact) mass is 273 g/mol. The highest BCUT2D eigenvalue weighted by Crippen LogP contribution is 2.26. The van der Waals surface area contributed by atoms with Gasteiger partial charge in [-0.3, -0.25) is 4.68 Å². The molecule has 2 aromatic heterocycles. The molecule has 0 spiro atoms. The predicted molar refractivity (Wildman–Crippen MR) is 81.8 cm³/mol. The minimum atomic E-state index is 0.827. The zero-order chi connectivity index (χ0) is 14.5. The molecule has 20 heavy (non-hydrogen) atoms. The molecule has 0 unspecified atom stereocenters. The van der Waals surface area contributed by atoms with Gasteiger partial charge in [0.2, 0.25) is 0 Å². The summed E-state index contributed by atoms with van der Waals surface area (Å²) in [5.74, 6) is 1.80. The Hall–Kier alpha value is -1.91. The van der Waals surface area contributed by atoms with E-state index in [1.165, 1.54) is 0 Å². The van der Waals surface area contributed by atoms with Crippen molar-refractivity contribution in [2.24, 2.45) is 0 Å². The Morgan fingerprint density at radius 1 is 1.20 bits per heavy atom. The first-order chi connectivity index (χ1) is 9.71. The van der Waals surface area contributed by atoms with Crippen molar-refractivity contribution in [3.8, 4) is 11.4 Å². The van der Waals surface area contributed by atoms with Gasteiger partial charge < -0.3 is 5.32 Å². The van der Waals surface area contributed by atoms with Crippen LogP contribution in [0.5, 0.6) is 0 Å². The second-order valence-corrected chi connectivity index (χ2v) is 4.79. The molecule has 2 heterocycles. The molecule has 0 bridgehead atoms. The molecule has 0 atom stereocenters. The highest BCUT2D eigenvalue weighted by Gasteiger charge is 2.14. The summed E-state index contributed by atoms with van der Waals surface area (Å²) in [7, 11) is 0. The van der Waals surface area contributed by atoms with E-state index in [9.17, 15) is 0 Å². The van der Waals surface area contributed by atoms with Gasteiger partial charge in [-0.2, -0.15) is 5.10 Å². The minimum absolute atomic E-state index is 0.827. The molecule has 2 rings (SSSR count). The molecule has 0 amide bonds. The molecule has 0 saturated heterocycles. The number of anilines is 1. The summed E-state index contributed by atoms with van der Waals surface area (Å²) in [5, 5.41) is 7.71. The quantitative estimate of drug-likeness (QED) is 0.879. The van der Waals surface area contributed by atoms with Crippen molar-refractivity contribution in [1.29, 1.82) is 0 Å². The summed E-state index contributed by atoms with van der Waals surface area (Å²) in [4.78, 5) is 9.28. The molecule has 108 valence electrons. The van der Waals surface area contributed by atoms with E-state index in [2.05, 4.69) is 43.1 Å². The molecule has 5 nitrogen and oxygen atoms in total. The SMILES string of the molecule is CCCn1nccc1-c1nc(CC)nc(NCC)c1C. The van der Waals surface area contributed by atoms with E-state index >= 15 is 0 Å². The van der Waals surface area contributed by atoms with Crippen molar-refractivity contribution in [3.63, 3.8) is 0 Å². The lowest BCUT2D eigenvalue weighted by Gasteiger charge is -2.14. The van der Waals surface area contributed by atoms with Crippen molar-refractivity contribution in [3.05, 3.63) is 23.7 Å². The first kappa shape index (κ1) is 14.5. The molecular formula is C15H23N5. The van der Waals surface area contributed by atoms with Crippen LogP contribution in [0, 0.1) is 6.92 Å². The summed E-state index contributed by atoms with van der Waals surface area (Å²) >= 11 is 0. The van der Waals surface area contributed by atoms with Gasteiger partial charge in [0.05, 0.1) is 11.4 Å². The molecule has 1 N–H and O–H groups in total. The van der Waals surface area contributed by atoms with Crippen LogP contribution in [-0.4, -0.2) is 26.3 Å². The number of nitrogens with zero attached hydrogens (tertiary/aromatic N) is 4. The summed E-state index contributed by atoms with van der Waals surface area (Å²) < 4.78 is 2.02. The van der Waals surface area contributed by atoms with E-state index < -0.39 is 0 Å². The number of hydrogen-bond acceptors (Lipinski definition) is 4. The van der Waals surface area contributed by atoms with Crippen LogP contribution in [0.1, 0.15) is 38.6 Å². The third kappa shape index (κ3) is 2.81. The largest absolute Gasteiger partial charge is 0.370 e. The van der Waals surface area contributed by atoms with Gasteiger partial charge in [0.1, 0.15) is 11.6 Å². The second-order valence-electron chi connectivity index (χ2n) is 4.79. The van der Waals surface area contributed by atoms with E-state index in [1.807, 2.05) is 16.9 Å². The van der Waals surface area contributed by atoms with Crippen LogP contribution in [0.25, 0.3) is 11.4 Å². The predicted octanol–water partition coefficient (Wildman–Crippen LogP) is 3.05. The Balaban J connectivity index is 2.54. The van der Waals surface area contributed by atoms with E-state index in [1.54, 1.807) is 0 Å². The highest BCUT2D eigenvalue weighted by molar-refractivity contribution is 5.65. The van der Waals surface area contributed by atoms with Gasteiger partial charge in [-0.1, -0.05) is 13.8 Å². The van der Waals surface area contributed by atoms with Gasteiger partial charge in [-0.15, -0.1) is 0 Å². The average Bonchev–Trinajstić information content (AvgIpc) is 2.90. The lowest BCUT2D eigenvalue weighted by atomic mass is 10.1. The zero-order valence-corrected chi connectivity index (χ0v) is 12.8. The average molecular weight is 273 g/mol. The summed E-state index contributed by atoms with van der Waals surface area (Å²) in [5.41, 5.74) is 3.14. The van der Waals surface area contributed by atoms with Crippen LogP contribution in [0.3, 0.4) is 0 Å². The summed E-state index contributed by atoms with van der Waals surface area (Å²) in [6.07, 6.45) is 3.72. The van der Waals surface area contributed by atoms with Gasteiger partial charge in [-0.25, -0.2) is 9.97 Å². The molecule has 0 radical (unpaired) electrons. The fourth-order valence-electron chi connectivity index (χ4n) is 2.23. The first-order valence-corrected chi connectivity index (χ1v) is 7.34. The van der Waals surface area contributed by atoms with Crippen LogP contribution >= 0.6 is 0 Å². The second kappa shape index (κ2) is 6.50. The summed E-state index contributed by atoms with van der Waals surface area (Å²) in [6, 6.07) is 2.03. The van der Waals surface area contributed by atoms with Gasteiger partial charge in [0.15, 0.2) is 0 Å². The normalized spacial score (nSPS) is 10.8. The van der Waals surface area contributed by atoms with Crippen molar-refractivity contribution in [1.82, 2.24) is 19.7 Å². The fourth-order valence-corrected chi connectivity index (χ4v) is 2.23. The smallest absolute Gasteiger partial charge is 0.133 e. The van der Waals surface area contributed by atoms with Gasteiger partial charge >= 0.3 is 0 Å². The van der Waals surface area contributed by atoms with Crippen LogP contribution in [0.15, 0.2) is 12.3 Å². The van der Waals surface area contributed by atoms with E-state index in [0.29, 0.717) is 0 Å². The molecule has 0 aliphatic rings. The third-order valence-corrected chi connectivity index (χ3v) is 3.25. The topological polar surface area (TPSA) is 55.6 Å². The molecule has 0 aliphatic heterocycles. The Morgan fingerprint density at radius 2 is 2.00 bits per heavy atom. The number of nitrogens with one attached hydrogen (secondary N) is 1. The maximum absolute atomic E-state index is 4.71. The number of aryl methyl sites for hydroxylation is 2. The van der Waals surface area contributed by atoms with Gasteiger partial charge in [-0.05, 0) is 26.3 Å². The van der Waals surface area contributed by atoms with Crippen LogP contribution < -0.4 is 5.32 Å². The standard InChI is InChI=1S/C15H23N5/c1-5-10-20-12(8-9-17-20)14-11(4)15(16-7-3)19-13(6-2)18-14/h8-9H,5-7,10H2,1-4H3,(H,16,18,19). The maximum atomic E-state index is 4.71. The first-order valence-electron chi connectivity index (χ1n) is 7.34. The van der Waals surface area contributed by atoms with E-state index in [0.717, 1.165) is 54.5 Å². The van der Waals surface area contributed by atoms with Gasteiger partial charge in [0.25, 0.3) is 0 Å². The van der Waals surface area contributed by atoms with Crippen LogP contribution in [-0.2, 0) is 13.0 Å². The van der Waals surface area contributed by atoms with E-state index in [4.69, 9.17) is 4.98 Å². The number of aromatic nitrogens is 4. The molecular weight excluding hydrogens is 250 g/mol. The molecule has 0 fully saturated rings. The fraction of sp³-hybridized carbons (Fsp3) is 0.533. The Morgan fingerprint density at radius 3 is 2.65 bits per heavy atom. The number of rotatable bonds is 6. The Kier molecular flexibility index (Phi) is 4.71. The lowest BCUT2D eigenvalue weighted by molar-refractivity contribution is 0.607. The molecule has 0 saturated carbocycles. The third-order valence-electron chi connectivity index (χ3n) is 3.25. The summed E-state index contributed by atoms with van der Waals surface area (Å²) in [6.45, 7) is 10.1. The van der Waals surface area contributed by atoms with Crippen LogP contribution in [0.2, 0.25) is 0 Å². The van der Waals surface area contributed by atoms with Crippen LogP contribution in [0.4, 0.5) is 5.82 Å². The molecule has 0 aromatic carbocycles. The molecule has 2 aromatic rings. The molecule has 0 aliphatic carbocycles. The van der Waals surface area contributed by atoms with Crippen molar-refractivity contribution in [2.75, 3.05) is 11.9 Å². The molecule has 5 heteroatoms. The van der Waals surface area contributed by atoms with E-state index in [-0.39, 0.29) is 0 Å². The lowest BCUT2D eigenvalue weighted by Crippen LogP contribution is -2.09. The maximum Gasteiger partial charge on any atom is 0.133 e. The van der Waals surface area contributed by atoms with Crippen molar-refractivity contribution >= 4 is 5.82 Å².